The minimum absolute atomic E-state index is 0.105. The third kappa shape index (κ3) is 2.01. The molecule has 0 fully saturated rings. The molecule has 1 unspecified atom stereocenters. The van der Waals surface area contributed by atoms with Crippen molar-refractivity contribution in [2.75, 3.05) is 0 Å². The maximum atomic E-state index is 6.54. The predicted octanol–water partition coefficient (Wildman–Crippen LogP) is 3.97. The molecule has 2 aromatic heterocycles. The van der Waals surface area contributed by atoms with Gasteiger partial charge in [0.05, 0.1) is 12.6 Å². The van der Waals surface area contributed by atoms with Gasteiger partial charge >= 0.3 is 0 Å². The van der Waals surface area contributed by atoms with Crippen LogP contribution in [0.5, 0.6) is 0 Å². The molecule has 3 aromatic rings. The van der Waals surface area contributed by atoms with E-state index in [2.05, 4.69) is 32.2 Å². The third-order valence-electron chi connectivity index (χ3n) is 5.01. The molecule has 0 radical (unpaired) electrons. The van der Waals surface area contributed by atoms with Crippen LogP contribution >= 0.6 is 22.9 Å². The van der Waals surface area contributed by atoms with Gasteiger partial charge in [-0.2, -0.15) is 0 Å². The minimum atomic E-state index is 0.105. The van der Waals surface area contributed by atoms with Crippen molar-refractivity contribution in [2.24, 2.45) is 0 Å². The van der Waals surface area contributed by atoms with E-state index in [1.807, 2.05) is 30.4 Å². The standard InChI is InChI=1S/C18H17ClN4S/c1-10-21-22-15-9-20-17(11-5-2-3-7-13(11)19)16-12-6-4-8-14(12)24-18(16)23(10)15/h2-3,5,7,17,20H,4,6,8-9H2,1H3. The molecule has 0 bridgehead atoms. The molecule has 0 spiro atoms. The molecule has 122 valence electrons. The van der Waals surface area contributed by atoms with Crippen molar-refractivity contribution < 1.29 is 0 Å². The van der Waals surface area contributed by atoms with Crippen molar-refractivity contribution in [1.82, 2.24) is 20.1 Å². The first-order valence-corrected chi connectivity index (χ1v) is 9.47. The molecule has 0 amide bonds. The molecule has 1 aromatic carbocycles. The SMILES string of the molecule is Cc1nnc2n1-c1sc3c(c1C(c1ccccc1Cl)NC2)CCC3. The highest BCUT2D eigenvalue weighted by Gasteiger charge is 2.33. The van der Waals surface area contributed by atoms with E-state index in [0.717, 1.165) is 28.7 Å². The van der Waals surface area contributed by atoms with E-state index in [9.17, 15) is 0 Å². The summed E-state index contributed by atoms with van der Waals surface area (Å²) in [6.07, 6.45) is 3.58. The monoisotopic (exact) mass is 356 g/mol. The van der Waals surface area contributed by atoms with Crippen LogP contribution in [0.25, 0.3) is 5.00 Å². The Bertz CT molecular complexity index is 943. The summed E-state index contributed by atoms with van der Waals surface area (Å²) in [7, 11) is 0. The van der Waals surface area contributed by atoms with Gasteiger partial charge in [0.2, 0.25) is 0 Å². The normalized spacial score (nSPS) is 18.8. The van der Waals surface area contributed by atoms with Crippen LogP contribution < -0.4 is 5.32 Å². The summed E-state index contributed by atoms with van der Waals surface area (Å²) in [5, 5.41) is 14.4. The average Bonchev–Trinajstić information content (AvgIpc) is 3.22. The van der Waals surface area contributed by atoms with Crippen molar-refractivity contribution in [3.8, 4) is 5.00 Å². The summed E-state index contributed by atoms with van der Waals surface area (Å²) in [5.41, 5.74) is 4.03. The lowest BCUT2D eigenvalue weighted by molar-refractivity contribution is 0.596. The molecular formula is C18H17ClN4S. The molecule has 0 saturated carbocycles. The number of fused-ring (bicyclic) bond motifs is 5. The predicted molar refractivity (Wildman–Crippen MR) is 96.1 cm³/mol. The molecule has 3 heterocycles. The fourth-order valence-electron chi connectivity index (χ4n) is 3.93. The van der Waals surface area contributed by atoms with Crippen molar-refractivity contribution >= 4 is 22.9 Å². The van der Waals surface area contributed by atoms with Gasteiger partial charge in [-0.15, -0.1) is 21.5 Å². The zero-order valence-electron chi connectivity index (χ0n) is 13.3. The lowest BCUT2D eigenvalue weighted by Crippen LogP contribution is -2.22. The van der Waals surface area contributed by atoms with Gasteiger partial charge < -0.3 is 0 Å². The van der Waals surface area contributed by atoms with Gasteiger partial charge in [-0.25, -0.2) is 0 Å². The molecule has 0 saturated heterocycles. The smallest absolute Gasteiger partial charge is 0.152 e. The minimum Gasteiger partial charge on any atom is -0.299 e. The Balaban J connectivity index is 1.79. The summed E-state index contributed by atoms with van der Waals surface area (Å²) < 4.78 is 2.22. The first kappa shape index (κ1) is 14.6. The van der Waals surface area contributed by atoms with Crippen molar-refractivity contribution in [1.29, 1.82) is 0 Å². The zero-order valence-corrected chi connectivity index (χ0v) is 14.9. The van der Waals surface area contributed by atoms with E-state index < -0.39 is 0 Å². The Morgan fingerprint density at radius 2 is 2.12 bits per heavy atom. The highest BCUT2D eigenvalue weighted by molar-refractivity contribution is 7.15. The number of halogens is 1. The first-order chi connectivity index (χ1) is 11.7. The second-order valence-corrected chi connectivity index (χ2v) is 7.90. The van der Waals surface area contributed by atoms with Crippen LogP contribution in [0.15, 0.2) is 24.3 Å². The highest BCUT2D eigenvalue weighted by atomic mass is 35.5. The van der Waals surface area contributed by atoms with Gasteiger partial charge in [0, 0.05) is 15.5 Å². The molecule has 2 aliphatic rings. The Kier molecular flexibility index (Phi) is 3.30. The number of aromatic nitrogens is 3. The van der Waals surface area contributed by atoms with E-state index in [4.69, 9.17) is 11.6 Å². The maximum Gasteiger partial charge on any atom is 0.152 e. The number of benzene rings is 1. The molecular weight excluding hydrogens is 340 g/mol. The fourth-order valence-corrected chi connectivity index (χ4v) is 5.67. The maximum absolute atomic E-state index is 6.54. The molecule has 1 N–H and O–H groups in total. The summed E-state index contributed by atoms with van der Waals surface area (Å²) in [5.74, 6) is 1.93. The highest BCUT2D eigenvalue weighted by Crippen LogP contribution is 2.45. The number of hydrogen-bond donors (Lipinski definition) is 1. The summed E-state index contributed by atoms with van der Waals surface area (Å²) in [4.78, 5) is 1.51. The summed E-state index contributed by atoms with van der Waals surface area (Å²) in [6.45, 7) is 2.72. The summed E-state index contributed by atoms with van der Waals surface area (Å²) >= 11 is 8.44. The van der Waals surface area contributed by atoms with Gasteiger partial charge in [-0.05, 0) is 43.4 Å². The number of rotatable bonds is 1. The second kappa shape index (κ2) is 5.41. The molecule has 1 aliphatic heterocycles. The Hall–Kier alpha value is -1.69. The number of nitrogens with zero attached hydrogens (tertiary/aromatic N) is 3. The van der Waals surface area contributed by atoms with Crippen LogP contribution in [-0.4, -0.2) is 14.8 Å². The summed E-state index contributed by atoms with van der Waals surface area (Å²) in [6, 6.07) is 8.25. The third-order valence-corrected chi connectivity index (χ3v) is 6.64. The second-order valence-electron chi connectivity index (χ2n) is 6.41. The molecule has 24 heavy (non-hydrogen) atoms. The van der Waals surface area contributed by atoms with Gasteiger partial charge in [0.15, 0.2) is 5.82 Å². The van der Waals surface area contributed by atoms with Crippen LogP contribution in [0.1, 0.15) is 45.7 Å². The van der Waals surface area contributed by atoms with E-state index >= 15 is 0 Å². The molecule has 6 heteroatoms. The van der Waals surface area contributed by atoms with Crippen LogP contribution in [0.3, 0.4) is 0 Å². The number of thiophene rings is 1. The van der Waals surface area contributed by atoms with Crippen LogP contribution in [0.2, 0.25) is 5.02 Å². The first-order valence-electron chi connectivity index (χ1n) is 8.27. The number of nitrogens with one attached hydrogen (secondary N) is 1. The van der Waals surface area contributed by atoms with Crippen molar-refractivity contribution in [3.63, 3.8) is 0 Å². The van der Waals surface area contributed by atoms with Gasteiger partial charge in [0.25, 0.3) is 0 Å². The van der Waals surface area contributed by atoms with Crippen LogP contribution in [-0.2, 0) is 19.4 Å². The Morgan fingerprint density at radius 3 is 3.00 bits per heavy atom. The van der Waals surface area contributed by atoms with Crippen LogP contribution in [0, 0.1) is 6.92 Å². The van der Waals surface area contributed by atoms with E-state index in [1.54, 1.807) is 0 Å². The van der Waals surface area contributed by atoms with Gasteiger partial charge in [0.1, 0.15) is 10.8 Å². The fraction of sp³-hybridized carbons (Fsp3) is 0.333. The number of aryl methyl sites for hydroxylation is 2. The van der Waals surface area contributed by atoms with Crippen molar-refractivity contribution in [3.05, 3.63) is 62.5 Å². The largest absolute Gasteiger partial charge is 0.299 e. The average molecular weight is 357 g/mol. The van der Waals surface area contributed by atoms with Gasteiger partial charge in [-0.1, -0.05) is 29.8 Å². The molecule has 4 nitrogen and oxygen atoms in total. The van der Waals surface area contributed by atoms with Crippen molar-refractivity contribution in [2.45, 2.75) is 38.8 Å². The number of hydrogen-bond acceptors (Lipinski definition) is 4. The van der Waals surface area contributed by atoms with Gasteiger partial charge in [-0.3, -0.25) is 9.88 Å². The molecule has 1 aliphatic carbocycles. The lowest BCUT2D eigenvalue weighted by Gasteiger charge is -2.20. The molecule has 5 rings (SSSR count). The molecule has 1 atom stereocenters. The quantitative estimate of drug-likeness (QED) is 0.717. The lowest BCUT2D eigenvalue weighted by atomic mass is 9.96. The Labute approximate surface area is 149 Å². The van der Waals surface area contributed by atoms with Crippen LogP contribution in [0.4, 0.5) is 0 Å². The van der Waals surface area contributed by atoms with E-state index in [1.165, 1.54) is 33.8 Å². The topological polar surface area (TPSA) is 42.7 Å². The van der Waals surface area contributed by atoms with E-state index in [0.29, 0.717) is 6.54 Å². The Morgan fingerprint density at radius 1 is 1.25 bits per heavy atom. The zero-order chi connectivity index (χ0) is 16.3. The van der Waals surface area contributed by atoms with E-state index in [-0.39, 0.29) is 6.04 Å².